The molecule has 0 N–H and O–H groups in total. The normalized spacial score (nSPS) is 11.2. The molecule has 0 amide bonds. The van der Waals surface area contributed by atoms with Crippen LogP contribution >= 0.6 is 0 Å². The molecule has 1 aromatic rings. The van der Waals surface area contributed by atoms with Crippen molar-refractivity contribution in [3.8, 4) is 0 Å². The molecule has 0 heterocycles. The molecule has 122 valence electrons. The van der Waals surface area contributed by atoms with E-state index in [-0.39, 0.29) is 33.1 Å². The predicted molar refractivity (Wildman–Crippen MR) is 81.4 cm³/mol. The second-order valence-electron chi connectivity index (χ2n) is 6.20. The van der Waals surface area contributed by atoms with Crippen molar-refractivity contribution < 1.29 is 35.3 Å². The van der Waals surface area contributed by atoms with Crippen molar-refractivity contribution in [1.29, 1.82) is 0 Å². The number of halogens is 2. The van der Waals surface area contributed by atoms with E-state index >= 15 is 0 Å². The third-order valence-corrected chi connectivity index (χ3v) is 4.11. The van der Waals surface area contributed by atoms with Crippen molar-refractivity contribution in [2.75, 3.05) is 0 Å². The van der Waals surface area contributed by atoms with Crippen molar-refractivity contribution in [2.24, 2.45) is 5.41 Å². The molecule has 0 aliphatic heterocycles. The van der Waals surface area contributed by atoms with E-state index in [2.05, 4.69) is 13.0 Å². The summed E-state index contributed by atoms with van der Waals surface area (Å²) in [6.45, 7) is 7.62. The Labute approximate surface area is 147 Å². The van der Waals surface area contributed by atoms with E-state index in [1.54, 1.807) is 0 Å². The number of carbonyl (C=O) groups excluding carboxylic acids is 1. The van der Waals surface area contributed by atoms with Gasteiger partial charge in [0.25, 0.3) is 0 Å². The predicted octanol–water partition coefficient (Wildman–Crippen LogP) is 5.50. The Morgan fingerprint density at radius 3 is 2.36 bits per heavy atom. The standard InChI is InChI=1S/C18H25F2O.Ti/c1-5-7-8-9-10-14-15(11-13(19)12-16(14)20)17(21)18(3,4)6-2;/h11H,5-10H2,1-4H3;/q-1;. The SMILES string of the molecule is CCCCCCc1c(F)[c-]c(F)cc1C(=O)C(C)(C)CC.[Ti]. The monoisotopic (exact) mass is 343 g/mol. The fourth-order valence-corrected chi connectivity index (χ4v) is 2.25. The summed E-state index contributed by atoms with van der Waals surface area (Å²) < 4.78 is 27.5. The van der Waals surface area contributed by atoms with Gasteiger partial charge in [-0.2, -0.15) is 0 Å². The summed E-state index contributed by atoms with van der Waals surface area (Å²) in [4.78, 5) is 12.6. The van der Waals surface area contributed by atoms with Crippen LogP contribution < -0.4 is 0 Å². The molecule has 0 unspecified atom stereocenters. The first-order valence-electron chi connectivity index (χ1n) is 7.78. The molecule has 1 rings (SSSR count). The van der Waals surface area contributed by atoms with Crippen LogP contribution in [0.5, 0.6) is 0 Å². The van der Waals surface area contributed by atoms with E-state index in [4.69, 9.17) is 0 Å². The van der Waals surface area contributed by atoms with E-state index in [0.29, 0.717) is 18.4 Å². The Hall–Kier alpha value is -0.536. The van der Waals surface area contributed by atoms with Gasteiger partial charge in [0.1, 0.15) is 5.78 Å². The first kappa shape index (κ1) is 21.5. The molecule has 1 nitrogen and oxygen atoms in total. The van der Waals surface area contributed by atoms with Crippen LogP contribution in [-0.4, -0.2) is 5.78 Å². The van der Waals surface area contributed by atoms with Crippen LogP contribution in [0.3, 0.4) is 0 Å². The molecule has 1 aromatic carbocycles. The molecule has 0 aliphatic carbocycles. The van der Waals surface area contributed by atoms with E-state index in [1.807, 2.05) is 20.8 Å². The van der Waals surface area contributed by atoms with E-state index < -0.39 is 17.0 Å². The van der Waals surface area contributed by atoms with Gasteiger partial charge in [0.2, 0.25) is 0 Å². The van der Waals surface area contributed by atoms with Crippen LogP contribution in [0.25, 0.3) is 0 Å². The first-order chi connectivity index (χ1) is 9.83. The summed E-state index contributed by atoms with van der Waals surface area (Å²) in [5.74, 6) is -1.72. The zero-order valence-electron chi connectivity index (χ0n) is 14.0. The Morgan fingerprint density at radius 2 is 1.82 bits per heavy atom. The third-order valence-electron chi connectivity index (χ3n) is 4.11. The third kappa shape index (κ3) is 5.59. The molecule has 22 heavy (non-hydrogen) atoms. The second kappa shape index (κ2) is 9.57. The Morgan fingerprint density at radius 1 is 1.18 bits per heavy atom. The molecule has 0 atom stereocenters. The summed E-state index contributed by atoms with van der Waals surface area (Å²) >= 11 is 0. The number of ketones is 1. The minimum absolute atomic E-state index is 0. The maximum atomic E-state index is 14.0. The van der Waals surface area contributed by atoms with Gasteiger partial charge in [-0.3, -0.25) is 4.79 Å². The number of carbonyl (C=O) groups is 1. The van der Waals surface area contributed by atoms with Gasteiger partial charge < -0.3 is 0 Å². The molecule has 0 radical (unpaired) electrons. The average Bonchev–Trinajstić information content (AvgIpc) is 2.44. The molecular weight excluding hydrogens is 318 g/mol. The quantitative estimate of drug-likeness (QED) is 0.263. The van der Waals surface area contributed by atoms with Crippen molar-refractivity contribution in [3.05, 3.63) is 34.9 Å². The van der Waals surface area contributed by atoms with Crippen LogP contribution in [0.4, 0.5) is 8.78 Å². The van der Waals surface area contributed by atoms with Gasteiger partial charge in [0.05, 0.1) is 0 Å². The summed E-state index contributed by atoms with van der Waals surface area (Å²) in [7, 11) is 0. The summed E-state index contributed by atoms with van der Waals surface area (Å²) in [6, 6.07) is 3.20. The Balaban J connectivity index is 0.00000441. The van der Waals surface area contributed by atoms with Gasteiger partial charge in [0, 0.05) is 38.8 Å². The number of hydrogen-bond donors (Lipinski definition) is 0. The Kier molecular flexibility index (Phi) is 9.34. The minimum Gasteiger partial charge on any atom is -0.296 e. The molecule has 0 spiro atoms. The van der Waals surface area contributed by atoms with Crippen LogP contribution in [-0.2, 0) is 28.1 Å². The van der Waals surface area contributed by atoms with Crippen molar-refractivity contribution >= 4 is 5.78 Å². The van der Waals surface area contributed by atoms with Gasteiger partial charge in [-0.15, -0.1) is 17.7 Å². The van der Waals surface area contributed by atoms with Crippen LogP contribution in [0.2, 0.25) is 0 Å². The second-order valence-corrected chi connectivity index (χ2v) is 6.20. The molecule has 0 aromatic heterocycles. The zero-order chi connectivity index (χ0) is 16.0. The van der Waals surface area contributed by atoms with Crippen molar-refractivity contribution in [3.63, 3.8) is 0 Å². The number of unbranched alkanes of at least 4 members (excludes halogenated alkanes) is 3. The van der Waals surface area contributed by atoms with Gasteiger partial charge in [-0.05, 0) is 6.42 Å². The maximum Gasteiger partial charge on any atom is 0.144 e. The number of hydrogen-bond acceptors (Lipinski definition) is 1. The van der Waals surface area contributed by atoms with Gasteiger partial charge in [0.15, 0.2) is 0 Å². The Bertz CT molecular complexity index is 498. The van der Waals surface area contributed by atoms with E-state index in [0.717, 1.165) is 31.7 Å². The van der Waals surface area contributed by atoms with Crippen molar-refractivity contribution in [2.45, 2.75) is 66.2 Å². The van der Waals surface area contributed by atoms with Gasteiger partial charge in [-0.25, -0.2) is 8.78 Å². The van der Waals surface area contributed by atoms with Crippen LogP contribution in [0, 0.1) is 23.1 Å². The average molecular weight is 343 g/mol. The van der Waals surface area contributed by atoms with Crippen molar-refractivity contribution in [1.82, 2.24) is 0 Å². The fraction of sp³-hybridized carbons (Fsp3) is 0.611. The van der Waals surface area contributed by atoms with Crippen LogP contribution in [0.1, 0.15) is 75.7 Å². The number of Topliss-reactive ketones (excluding diaryl/α,β-unsaturated/α-hetero) is 1. The molecule has 0 saturated carbocycles. The molecule has 0 aliphatic rings. The van der Waals surface area contributed by atoms with E-state index in [9.17, 15) is 13.6 Å². The molecule has 0 bridgehead atoms. The van der Waals surface area contributed by atoms with Crippen LogP contribution in [0.15, 0.2) is 6.07 Å². The summed E-state index contributed by atoms with van der Waals surface area (Å²) in [5.41, 5.74) is -0.107. The minimum atomic E-state index is -0.805. The van der Waals surface area contributed by atoms with E-state index in [1.165, 1.54) is 0 Å². The molecular formula is C18H25F2OTi-. The largest absolute Gasteiger partial charge is 0.296 e. The molecule has 0 fully saturated rings. The summed E-state index contributed by atoms with van der Waals surface area (Å²) in [5, 5.41) is 0. The summed E-state index contributed by atoms with van der Waals surface area (Å²) in [6.07, 6.45) is 5.05. The number of benzene rings is 1. The number of rotatable bonds is 8. The zero-order valence-corrected chi connectivity index (χ0v) is 15.5. The molecule has 4 heteroatoms. The topological polar surface area (TPSA) is 17.1 Å². The van der Waals surface area contributed by atoms with Gasteiger partial charge >= 0.3 is 0 Å². The maximum absolute atomic E-state index is 14.0. The molecule has 0 saturated heterocycles. The fourth-order valence-electron chi connectivity index (χ4n) is 2.25. The first-order valence-corrected chi connectivity index (χ1v) is 7.78. The van der Waals surface area contributed by atoms with Gasteiger partial charge in [-0.1, -0.05) is 65.4 Å². The smallest absolute Gasteiger partial charge is 0.144 e.